The standard InChI is InChI=1S/C27H27FN6O2/c28-24-5-6-25-21(7-10-36-25)23(24)15-31-27-30-14-22(26-32-20(13-29)17-34(26)27)19-3-1-18(2-4-19)16-33-8-11-35-12-9-33/h1-6,17,22H,7-12,14-16H2,(H,30,31). The molecule has 8 nitrogen and oxygen atoms in total. The van der Waals surface area contributed by atoms with E-state index >= 15 is 0 Å². The minimum atomic E-state index is -0.262. The fraction of sp³-hybridized carbons (Fsp3) is 0.370. The van der Waals surface area contributed by atoms with Crippen LogP contribution in [0.15, 0.2) is 47.6 Å². The van der Waals surface area contributed by atoms with Crippen LogP contribution in [-0.4, -0.2) is 59.9 Å². The van der Waals surface area contributed by atoms with Gasteiger partial charge in [-0.3, -0.25) is 14.5 Å². The summed E-state index contributed by atoms with van der Waals surface area (Å²) in [5, 5.41) is 12.8. The van der Waals surface area contributed by atoms with E-state index in [1.165, 1.54) is 11.6 Å². The number of nitrogens with zero attached hydrogens (tertiary/aromatic N) is 5. The summed E-state index contributed by atoms with van der Waals surface area (Å²) < 4.78 is 27.5. The second-order valence-corrected chi connectivity index (χ2v) is 9.27. The zero-order valence-electron chi connectivity index (χ0n) is 19.9. The van der Waals surface area contributed by atoms with E-state index in [9.17, 15) is 9.65 Å². The highest BCUT2D eigenvalue weighted by Gasteiger charge is 2.28. The van der Waals surface area contributed by atoms with Gasteiger partial charge in [-0.05, 0) is 23.3 Å². The highest BCUT2D eigenvalue weighted by Crippen LogP contribution is 2.31. The molecule has 0 aliphatic carbocycles. The van der Waals surface area contributed by atoms with Gasteiger partial charge in [-0.2, -0.15) is 5.26 Å². The predicted molar refractivity (Wildman–Crippen MR) is 131 cm³/mol. The smallest absolute Gasteiger partial charge is 0.204 e. The number of fused-ring (bicyclic) bond motifs is 2. The monoisotopic (exact) mass is 486 g/mol. The van der Waals surface area contributed by atoms with Crippen molar-refractivity contribution in [3.63, 3.8) is 0 Å². The number of nitriles is 1. The average Bonchev–Trinajstić information content (AvgIpc) is 3.57. The molecule has 4 heterocycles. The number of halogens is 1. The van der Waals surface area contributed by atoms with Gasteiger partial charge in [-0.25, -0.2) is 9.37 Å². The second kappa shape index (κ2) is 9.72. The van der Waals surface area contributed by atoms with E-state index in [1.807, 2.05) is 4.57 Å². The van der Waals surface area contributed by atoms with Gasteiger partial charge in [0.2, 0.25) is 5.96 Å². The predicted octanol–water partition coefficient (Wildman–Crippen LogP) is 2.80. The Balaban J connectivity index is 1.21. The highest BCUT2D eigenvalue weighted by molar-refractivity contribution is 5.84. The van der Waals surface area contributed by atoms with Crippen molar-refractivity contribution in [1.82, 2.24) is 19.8 Å². The molecule has 1 unspecified atom stereocenters. The van der Waals surface area contributed by atoms with Crippen molar-refractivity contribution in [3.8, 4) is 11.8 Å². The largest absolute Gasteiger partial charge is 0.493 e. The lowest BCUT2D eigenvalue weighted by Gasteiger charge is -2.27. The number of aliphatic imine (C=N–C) groups is 1. The topological polar surface area (TPSA) is 87.7 Å². The Hall–Kier alpha value is -3.74. The first-order chi connectivity index (χ1) is 17.7. The molecule has 3 aliphatic rings. The number of hydrogen-bond acceptors (Lipinski definition) is 7. The van der Waals surface area contributed by atoms with Crippen LogP contribution < -0.4 is 10.1 Å². The molecule has 1 aromatic heterocycles. The molecule has 1 fully saturated rings. The van der Waals surface area contributed by atoms with Crippen molar-refractivity contribution < 1.29 is 13.9 Å². The maximum Gasteiger partial charge on any atom is 0.204 e. The quantitative estimate of drug-likeness (QED) is 0.597. The minimum Gasteiger partial charge on any atom is -0.493 e. The van der Waals surface area contributed by atoms with Crippen LogP contribution in [0.4, 0.5) is 4.39 Å². The maximum absolute atomic E-state index is 14.6. The summed E-state index contributed by atoms with van der Waals surface area (Å²) in [5.41, 5.74) is 4.18. The molecular weight excluding hydrogens is 459 g/mol. The Kier molecular flexibility index (Phi) is 6.13. The molecule has 9 heteroatoms. The number of hydrogen-bond donors (Lipinski definition) is 1. The van der Waals surface area contributed by atoms with E-state index in [2.05, 4.69) is 45.5 Å². The van der Waals surface area contributed by atoms with Crippen LogP contribution in [0.25, 0.3) is 0 Å². The number of benzene rings is 2. The lowest BCUT2D eigenvalue weighted by molar-refractivity contribution is 0.0342. The summed E-state index contributed by atoms with van der Waals surface area (Å²) in [6.07, 6.45) is 2.38. The van der Waals surface area contributed by atoms with Crippen LogP contribution in [0.2, 0.25) is 0 Å². The third kappa shape index (κ3) is 4.34. The number of aromatic nitrogens is 2. The fourth-order valence-electron chi connectivity index (χ4n) is 5.14. The van der Waals surface area contributed by atoms with E-state index in [1.54, 1.807) is 12.3 Å². The zero-order chi connectivity index (χ0) is 24.5. The van der Waals surface area contributed by atoms with Gasteiger partial charge in [-0.1, -0.05) is 24.3 Å². The first kappa shape index (κ1) is 22.7. The van der Waals surface area contributed by atoms with E-state index < -0.39 is 0 Å². The molecule has 0 radical (unpaired) electrons. The molecule has 0 bridgehead atoms. The summed E-state index contributed by atoms with van der Waals surface area (Å²) in [7, 11) is 0. The summed E-state index contributed by atoms with van der Waals surface area (Å²) >= 11 is 0. The van der Waals surface area contributed by atoms with Gasteiger partial charge in [0.15, 0.2) is 5.69 Å². The number of morpholine rings is 1. The van der Waals surface area contributed by atoms with Gasteiger partial charge < -0.3 is 14.8 Å². The van der Waals surface area contributed by atoms with Crippen LogP contribution in [-0.2, 0) is 24.2 Å². The van der Waals surface area contributed by atoms with Crippen molar-refractivity contribution in [1.29, 1.82) is 5.26 Å². The third-order valence-corrected chi connectivity index (χ3v) is 7.07. The van der Waals surface area contributed by atoms with Crippen molar-refractivity contribution >= 4 is 5.96 Å². The first-order valence-corrected chi connectivity index (χ1v) is 12.3. The van der Waals surface area contributed by atoms with E-state index in [0.717, 1.165) is 55.5 Å². The SMILES string of the molecule is N#Cc1cn2c(n1)C(c1ccc(CN3CCOCC3)cc1)CN=C2NCc1c(F)ccc2c1CCO2. The molecule has 36 heavy (non-hydrogen) atoms. The molecule has 3 aliphatic heterocycles. The average molecular weight is 487 g/mol. The number of ether oxygens (including phenoxy) is 2. The van der Waals surface area contributed by atoms with Crippen molar-refractivity contribution in [2.24, 2.45) is 4.99 Å². The van der Waals surface area contributed by atoms with Crippen molar-refractivity contribution in [2.75, 3.05) is 39.5 Å². The molecule has 1 N–H and O–H groups in total. The van der Waals surface area contributed by atoms with E-state index in [4.69, 9.17) is 14.5 Å². The minimum absolute atomic E-state index is 0.0683. The van der Waals surface area contributed by atoms with Crippen LogP contribution in [0.5, 0.6) is 5.75 Å². The Morgan fingerprint density at radius 1 is 1.11 bits per heavy atom. The van der Waals surface area contributed by atoms with Crippen LogP contribution in [0.1, 0.15) is 39.7 Å². The summed E-state index contributed by atoms with van der Waals surface area (Å²) in [5.74, 6) is 1.73. The lowest BCUT2D eigenvalue weighted by atomic mass is 9.96. The van der Waals surface area contributed by atoms with E-state index in [0.29, 0.717) is 36.8 Å². The van der Waals surface area contributed by atoms with Gasteiger partial charge in [0.05, 0.1) is 38.5 Å². The molecular formula is C27H27FN6O2. The van der Waals surface area contributed by atoms with E-state index in [-0.39, 0.29) is 18.3 Å². The molecule has 3 aromatic rings. The molecule has 0 spiro atoms. The van der Waals surface area contributed by atoms with Gasteiger partial charge in [0.25, 0.3) is 0 Å². The Labute approximate surface area is 209 Å². The molecule has 1 atom stereocenters. The Morgan fingerprint density at radius 3 is 2.75 bits per heavy atom. The number of imidazole rings is 1. The molecule has 0 saturated carbocycles. The lowest BCUT2D eigenvalue weighted by Crippen LogP contribution is -2.36. The molecule has 2 aromatic carbocycles. The Morgan fingerprint density at radius 2 is 1.94 bits per heavy atom. The molecule has 1 saturated heterocycles. The third-order valence-electron chi connectivity index (χ3n) is 7.07. The van der Waals surface area contributed by atoms with Gasteiger partial charge >= 0.3 is 0 Å². The molecule has 0 amide bonds. The Bertz CT molecular complexity index is 1340. The van der Waals surface area contributed by atoms with Gasteiger partial charge in [-0.15, -0.1) is 0 Å². The fourth-order valence-corrected chi connectivity index (χ4v) is 5.14. The summed E-state index contributed by atoms with van der Waals surface area (Å²) in [6.45, 7) is 5.70. The normalized spacial score (nSPS) is 19.1. The first-order valence-electron chi connectivity index (χ1n) is 12.3. The van der Waals surface area contributed by atoms with Gasteiger partial charge in [0.1, 0.15) is 23.5 Å². The zero-order valence-corrected chi connectivity index (χ0v) is 19.9. The highest BCUT2D eigenvalue weighted by atomic mass is 19.1. The number of nitrogens with one attached hydrogen (secondary N) is 1. The van der Waals surface area contributed by atoms with Crippen molar-refractivity contribution in [2.45, 2.75) is 25.4 Å². The number of rotatable bonds is 5. The summed E-state index contributed by atoms with van der Waals surface area (Å²) in [4.78, 5) is 11.8. The van der Waals surface area contributed by atoms with Crippen LogP contribution >= 0.6 is 0 Å². The van der Waals surface area contributed by atoms with Crippen LogP contribution in [0, 0.1) is 17.1 Å². The molecule has 6 rings (SSSR count). The molecule has 184 valence electrons. The van der Waals surface area contributed by atoms with Crippen molar-refractivity contribution in [3.05, 3.63) is 82.2 Å². The maximum atomic E-state index is 14.6. The summed E-state index contributed by atoms with van der Waals surface area (Å²) in [6, 6.07) is 13.8. The van der Waals surface area contributed by atoms with Crippen LogP contribution in [0.3, 0.4) is 0 Å². The van der Waals surface area contributed by atoms with Gasteiger partial charge in [0, 0.05) is 43.7 Å². The second-order valence-electron chi connectivity index (χ2n) is 9.27.